The minimum atomic E-state index is -0.746. The Balaban J connectivity index is 2.50. The van der Waals surface area contributed by atoms with Crippen molar-refractivity contribution in [2.45, 2.75) is 33.2 Å². The maximum Gasteiger partial charge on any atom is 0.329 e. The van der Waals surface area contributed by atoms with Gasteiger partial charge in [0, 0.05) is 0 Å². The van der Waals surface area contributed by atoms with Crippen LogP contribution in [0.4, 0.5) is 10.5 Å². The van der Waals surface area contributed by atoms with E-state index in [0.717, 1.165) is 4.90 Å². The molecule has 1 N–H and O–H groups in total. The molecule has 0 radical (unpaired) electrons. The first-order valence-electron chi connectivity index (χ1n) is 6.37. The highest BCUT2D eigenvalue weighted by atomic mass is 16.2. The lowest BCUT2D eigenvalue weighted by Crippen LogP contribution is -2.69. The predicted molar refractivity (Wildman–Crippen MR) is 75.0 cm³/mol. The van der Waals surface area contributed by atoms with Crippen molar-refractivity contribution in [2.75, 3.05) is 4.90 Å². The fourth-order valence-electron chi connectivity index (χ4n) is 2.07. The summed E-state index contributed by atoms with van der Waals surface area (Å²) in [5.41, 5.74) is -0.561. The van der Waals surface area contributed by atoms with Crippen LogP contribution in [0, 0.1) is 16.7 Å². The number of hydrogen-bond donors (Lipinski definition) is 1. The molecule has 1 saturated heterocycles. The first kappa shape index (κ1) is 14.1. The average molecular weight is 271 g/mol. The van der Waals surface area contributed by atoms with Crippen molar-refractivity contribution in [1.82, 2.24) is 5.32 Å². The third-order valence-corrected chi connectivity index (χ3v) is 4.16. The Bertz CT molecular complexity index is 626. The number of nitriles is 1. The van der Waals surface area contributed by atoms with E-state index in [1.807, 2.05) is 19.9 Å². The van der Waals surface area contributed by atoms with Crippen molar-refractivity contribution < 1.29 is 9.59 Å². The predicted octanol–water partition coefficient (Wildman–Crippen LogP) is 2.42. The number of carbonyl (C=O) groups excluding carboxylic acids is 2. The fraction of sp³-hybridized carbons (Fsp3) is 0.400. The number of amides is 3. The minimum Gasteiger partial charge on any atom is -0.331 e. The van der Waals surface area contributed by atoms with Gasteiger partial charge in [-0.15, -0.1) is 0 Å². The summed E-state index contributed by atoms with van der Waals surface area (Å²) >= 11 is 0. The summed E-state index contributed by atoms with van der Waals surface area (Å²) in [6.07, 6.45) is 0. The highest BCUT2D eigenvalue weighted by Gasteiger charge is 2.52. The van der Waals surface area contributed by atoms with Crippen LogP contribution in [-0.2, 0) is 4.79 Å². The van der Waals surface area contributed by atoms with Gasteiger partial charge in [-0.2, -0.15) is 5.26 Å². The number of benzene rings is 1. The van der Waals surface area contributed by atoms with Gasteiger partial charge in [-0.25, -0.2) is 9.69 Å². The van der Waals surface area contributed by atoms with Crippen molar-refractivity contribution in [3.63, 3.8) is 0 Å². The quantitative estimate of drug-likeness (QED) is 0.852. The van der Waals surface area contributed by atoms with Gasteiger partial charge in [0.15, 0.2) is 0 Å². The van der Waals surface area contributed by atoms with Gasteiger partial charge in [0.1, 0.15) is 0 Å². The van der Waals surface area contributed by atoms with E-state index in [9.17, 15) is 9.59 Å². The number of carbonyl (C=O) groups is 2. The molecule has 0 atom stereocenters. The van der Waals surface area contributed by atoms with Crippen molar-refractivity contribution in [2.24, 2.45) is 5.41 Å². The van der Waals surface area contributed by atoms with Gasteiger partial charge < -0.3 is 5.32 Å². The molecule has 0 saturated carbocycles. The Kier molecular flexibility index (Phi) is 3.05. The second-order valence-electron chi connectivity index (χ2n) is 5.98. The standard InChI is InChI=1S/C15H17N3O2/c1-14(2)12(19)18(13(20)17-15(14,3)4)11-7-5-6-10(8-11)9-16/h5-8H,1-4H3,(H,17,20). The molecular weight excluding hydrogens is 254 g/mol. The summed E-state index contributed by atoms with van der Waals surface area (Å²) in [5, 5.41) is 11.8. The summed E-state index contributed by atoms with van der Waals surface area (Å²) < 4.78 is 0. The Morgan fingerprint density at radius 1 is 1.20 bits per heavy atom. The Morgan fingerprint density at radius 3 is 2.45 bits per heavy atom. The van der Waals surface area contributed by atoms with E-state index in [1.54, 1.807) is 32.0 Å². The van der Waals surface area contributed by atoms with Crippen LogP contribution in [0.15, 0.2) is 24.3 Å². The zero-order valence-corrected chi connectivity index (χ0v) is 12.0. The molecule has 1 aromatic rings. The SMILES string of the molecule is CC1(C)NC(=O)N(c2cccc(C#N)c2)C(=O)C1(C)C. The minimum absolute atomic E-state index is 0.277. The summed E-state index contributed by atoms with van der Waals surface area (Å²) in [5.74, 6) is -0.277. The Labute approximate surface area is 118 Å². The molecule has 1 aromatic carbocycles. The number of rotatable bonds is 1. The molecule has 2 rings (SSSR count). The number of nitrogens with zero attached hydrogens (tertiary/aromatic N) is 2. The van der Waals surface area contributed by atoms with Crippen molar-refractivity contribution >= 4 is 17.6 Å². The molecular formula is C15H17N3O2. The lowest BCUT2D eigenvalue weighted by molar-refractivity contribution is -0.130. The second-order valence-corrected chi connectivity index (χ2v) is 5.98. The Morgan fingerprint density at radius 2 is 1.85 bits per heavy atom. The van der Waals surface area contributed by atoms with E-state index < -0.39 is 17.0 Å². The van der Waals surface area contributed by atoms with Crippen LogP contribution in [0.5, 0.6) is 0 Å². The lowest BCUT2D eigenvalue weighted by atomic mass is 9.72. The number of urea groups is 1. The van der Waals surface area contributed by atoms with Gasteiger partial charge in [0.05, 0.1) is 28.3 Å². The third kappa shape index (κ3) is 1.94. The molecule has 3 amide bonds. The molecule has 0 aliphatic carbocycles. The largest absolute Gasteiger partial charge is 0.331 e. The average Bonchev–Trinajstić information content (AvgIpc) is 2.37. The van der Waals surface area contributed by atoms with Gasteiger partial charge in [0.25, 0.3) is 0 Å². The van der Waals surface area contributed by atoms with Crippen LogP contribution in [0.25, 0.3) is 0 Å². The molecule has 1 fully saturated rings. The van der Waals surface area contributed by atoms with Crippen LogP contribution >= 0.6 is 0 Å². The maximum absolute atomic E-state index is 12.7. The molecule has 0 spiro atoms. The topological polar surface area (TPSA) is 73.2 Å². The van der Waals surface area contributed by atoms with Gasteiger partial charge >= 0.3 is 6.03 Å². The van der Waals surface area contributed by atoms with E-state index in [-0.39, 0.29) is 5.91 Å². The van der Waals surface area contributed by atoms with Crippen molar-refractivity contribution in [3.05, 3.63) is 29.8 Å². The van der Waals surface area contributed by atoms with Gasteiger partial charge in [-0.3, -0.25) is 4.79 Å². The maximum atomic E-state index is 12.7. The molecule has 0 unspecified atom stereocenters. The molecule has 1 heterocycles. The summed E-state index contributed by atoms with van der Waals surface area (Å²) in [4.78, 5) is 26.0. The van der Waals surface area contributed by atoms with Crippen LogP contribution in [-0.4, -0.2) is 17.5 Å². The number of nitrogens with one attached hydrogen (secondary N) is 1. The van der Waals surface area contributed by atoms with Crippen LogP contribution in [0.2, 0.25) is 0 Å². The highest BCUT2D eigenvalue weighted by Crippen LogP contribution is 2.37. The van der Waals surface area contributed by atoms with E-state index in [1.165, 1.54) is 6.07 Å². The summed E-state index contributed by atoms with van der Waals surface area (Å²) in [6, 6.07) is 8.00. The number of anilines is 1. The fourth-order valence-corrected chi connectivity index (χ4v) is 2.07. The second kappa shape index (κ2) is 4.34. The number of imide groups is 1. The molecule has 1 aliphatic heterocycles. The molecule has 104 valence electrons. The van der Waals surface area contributed by atoms with Crippen LogP contribution in [0.1, 0.15) is 33.3 Å². The van der Waals surface area contributed by atoms with Gasteiger partial charge in [0.2, 0.25) is 5.91 Å². The molecule has 20 heavy (non-hydrogen) atoms. The first-order chi connectivity index (χ1) is 9.20. The smallest absolute Gasteiger partial charge is 0.329 e. The normalized spacial score (nSPS) is 20.2. The number of hydrogen-bond acceptors (Lipinski definition) is 3. The Hall–Kier alpha value is -2.35. The van der Waals surface area contributed by atoms with Gasteiger partial charge in [-0.1, -0.05) is 6.07 Å². The van der Waals surface area contributed by atoms with Crippen LogP contribution < -0.4 is 10.2 Å². The molecule has 5 nitrogen and oxygen atoms in total. The molecule has 0 bridgehead atoms. The first-order valence-corrected chi connectivity index (χ1v) is 6.37. The van der Waals surface area contributed by atoms with Crippen LogP contribution in [0.3, 0.4) is 0 Å². The monoisotopic (exact) mass is 271 g/mol. The lowest BCUT2D eigenvalue weighted by Gasteiger charge is -2.48. The van der Waals surface area contributed by atoms with E-state index in [4.69, 9.17) is 5.26 Å². The van der Waals surface area contributed by atoms with Gasteiger partial charge in [-0.05, 0) is 45.9 Å². The summed E-state index contributed by atoms with van der Waals surface area (Å²) in [6.45, 7) is 7.25. The van der Waals surface area contributed by atoms with Crippen molar-refractivity contribution in [3.8, 4) is 6.07 Å². The highest BCUT2D eigenvalue weighted by molar-refractivity contribution is 6.18. The zero-order valence-electron chi connectivity index (χ0n) is 12.0. The van der Waals surface area contributed by atoms with E-state index in [2.05, 4.69) is 5.32 Å². The molecule has 0 aromatic heterocycles. The van der Waals surface area contributed by atoms with Crippen molar-refractivity contribution in [1.29, 1.82) is 5.26 Å². The van der Waals surface area contributed by atoms with E-state index >= 15 is 0 Å². The molecule has 5 heteroatoms. The third-order valence-electron chi connectivity index (χ3n) is 4.16. The zero-order chi connectivity index (χ0) is 15.1. The summed E-state index contributed by atoms with van der Waals surface area (Å²) in [7, 11) is 0. The molecule has 1 aliphatic rings. The van der Waals surface area contributed by atoms with E-state index in [0.29, 0.717) is 11.3 Å².